The zero-order chi connectivity index (χ0) is 32.1. The predicted octanol–water partition coefficient (Wildman–Crippen LogP) is 5.00. The summed E-state index contributed by atoms with van der Waals surface area (Å²) in [4.78, 5) is 47.0. The van der Waals surface area contributed by atoms with E-state index in [1.54, 1.807) is 0 Å². The van der Waals surface area contributed by atoms with Crippen LogP contribution < -0.4 is 5.32 Å². The molecule has 0 bridgehead atoms. The van der Waals surface area contributed by atoms with E-state index in [2.05, 4.69) is 55.0 Å². The number of hydrogen-bond donors (Lipinski definition) is 2. The number of nitrogens with one attached hydrogen (secondary N) is 2. The molecule has 2 N–H and O–H groups in total. The van der Waals surface area contributed by atoms with Gasteiger partial charge < -0.3 is 19.9 Å². The van der Waals surface area contributed by atoms with Crippen molar-refractivity contribution in [2.75, 3.05) is 32.7 Å². The standard InChI is InChI=1S/C35H52N6O4/c1-6-7-15-41-32(42)29(18-24(2)3)38-33(43)35(41)13-16-39(17-14-35)31(28-19-36-37-20-28)30-25(4)21-40(22-26(30)5)34(44)45-23-27-11-9-8-10-12-27/h8-12,19-20,24-26,29-31H,6-7,13-18,21-23H2,1-5H3,(H,36,37)(H,38,43)/t25?,26?,29-,30?,31?/m0/s1. The van der Waals surface area contributed by atoms with Crippen LogP contribution in [0.25, 0.3) is 0 Å². The fourth-order valence-corrected chi connectivity index (χ4v) is 8.07. The molecule has 4 atom stereocenters. The lowest BCUT2D eigenvalue weighted by molar-refractivity contribution is -0.162. The van der Waals surface area contributed by atoms with Crippen molar-refractivity contribution in [3.63, 3.8) is 0 Å². The Morgan fingerprint density at radius 3 is 2.38 bits per heavy atom. The maximum atomic E-state index is 13.8. The van der Waals surface area contributed by atoms with E-state index in [9.17, 15) is 14.4 Å². The van der Waals surface area contributed by atoms with Crippen LogP contribution in [0.5, 0.6) is 0 Å². The molecule has 3 aliphatic rings. The number of carbonyl (C=O) groups excluding carboxylic acids is 3. The predicted molar refractivity (Wildman–Crippen MR) is 173 cm³/mol. The Hall–Kier alpha value is -3.40. The van der Waals surface area contributed by atoms with Crippen molar-refractivity contribution in [2.45, 2.75) is 91.0 Å². The van der Waals surface area contributed by atoms with Gasteiger partial charge in [-0.25, -0.2) is 4.79 Å². The highest BCUT2D eigenvalue weighted by Crippen LogP contribution is 2.44. The molecule has 3 amide bonds. The third-order valence-corrected chi connectivity index (χ3v) is 10.3. The van der Waals surface area contributed by atoms with Gasteiger partial charge in [0, 0.05) is 50.5 Å². The van der Waals surface area contributed by atoms with E-state index in [1.807, 2.05) is 52.5 Å². The zero-order valence-electron chi connectivity index (χ0n) is 27.7. The van der Waals surface area contributed by atoms with Crippen LogP contribution in [0.15, 0.2) is 42.7 Å². The summed E-state index contributed by atoms with van der Waals surface area (Å²) in [5.41, 5.74) is 1.29. The summed E-state index contributed by atoms with van der Waals surface area (Å²) < 4.78 is 5.69. The molecule has 10 nitrogen and oxygen atoms in total. The number of likely N-dealkylation sites (tertiary alicyclic amines) is 2. The van der Waals surface area contributed by atoms with Crippen molar-refractivity contribution >= 4 is 17.9 Å². The molecule has 45 heavy (non-hydrogen) atoms. The van der Waals surface area contributed by atoms with Gasteiger partial charge in [-0.3, -0.25) is 19.6 Å². The Bertz CT molecular complexity index is 1260. The van der Waals surface area contributed by atoms with Crippen LogP contribution in [0.4, 0.5) is 4.79 Å². The number of piperazine rings is 1. The van der Waals surface area contributed by atoms with Gasteiger partial charge in [0.15, 0.2) is 0 Å². The molecule has 3 saturated heterocycles. The topological polar surface area (TPSA) is 111 Å². The molecule has 0 saturated carbocycles. The first-order valence-electron chi connectivity index (χ1n) is 17.0. The lowest BCUT2D eigenvalue weighted by atomic mass is 9.71. The van der Waals surface area contributed by atoms with Crippen LogP contribution in [0.1, 0.15) is 83.9 Å². The maximum absolute atomic E-state index is 13.8. The second kappa shape index (κ2) is 14.4. The van der Waals surface area contributed by atoms with Gasteiger partial charge in [-0.05, 0) is 54.9 Å². The van der Waals surface area contributed by atoms with E-state index < -0.39 is 11.6 Å². The van der Waals surface area contributed by atoms with Gasteiger partial charge in [-0.15, -0.1) is 0 Å². The average Bonchev–Trinajstić information content (AvgIpc) is 3.56. The summed E-state index contributed by atoms with van der Waals surface area (Å²) >= 11 is 0. The third-order valence-electron chi connectivity index (χ3n) is 10.3. The van der Waals surface area contributed by atoms with Crippen molar-refractivity contribution in [1.29, 1.82) is 0 Å². The molecule has 3 unspecified atom stereocenters. The number of benzene rings is 1. The van der Waals surface area contributed by atoms with Crippen LogP contribution in [0.2, 0.25) is 0 Å². The molecule has 3 aliphatic heterocycles. The normalized spacial score (nSPS) is 26.3. The van der Waals surface area contributed by atoms with Gasteiger partial charge in [0.1, 0.15) is 18.2 Å². The van der Waals surface area contributed by atoms with Crippen molar-refractivity contribution in [3.8, 4) is 0 Å². The fraction of sp³-hybridized carbons (Fsp3) is 0.657. The van der Waals surface area contributed by atoms with Gasteiger partial charge in [-0.1, -0.05) is 71.4 Å². The minimum Gasteiger partial charge on any atom is -0.445 e. The summed E-state index contributed by atoms with van der Waals surface area (Å²) in [5.74, 6) is 1.10. The van der Waals surface area contributed by atoms with E-state index in [0.717, 1.165) is 24.0 Å². The maximum Gasteiger partial charge on any atom is 0.410 e. The van der Waals surface area contributed by atoms with Gasteiger partial charge in [0.05, 0.1) is 6.20 Å². The Morgan fingerprint density at radius 1 is 1.09 bits per heavy atom. The lowest BCUT2D eigenvalue weighted by Crippen LogP contribution is -2.73. The van der Waals surface area contributed by atoms with Crippen molar-refractivity contribution < 1.29 is 19.1 Å². The molecule has 10 heteroatoms. The highest BCUT2D eigenvalue weighted by atomic mass is 16.6. The second-order valence-electron chi connectivity index (χ2n) is 14.0. The summed E-state index contributed by atoms with van der Waals surface area (Å²) in [7, 11) is 0. The smallest absolute Gasteiger partial charge is 0.410 e. The number of unbranched alkanes of at least 4 members (excludes halogenated alkanes) is 1. The third kappa shape index (κ3) is 7.05. The van der Waals surface area contributed by atoms with Gasteiger partial charge in [0.25, 0.3) is 0 Å². The molecule has 1 aromatic carbocycles. The van der Waals surface area contributed by atoms with E-state index >= 15 is 0 Å². The number of H-pyrrole nitrogens is 1. The molecule has 246 valence electrons. The summed E-state index contributed by atoms with van der Waals surface area (Å²) in [6.45, 7) is 14.3. The zero-order valence-corrected chi connectivity index (χ0v) is 27.7. The van der Waals surface area contributed by atoms with Crippen LogP contribution in [0.3, 0.4) is 0 Å². The van der Waals surface area contributed by atoms with Crippen LogP contribution in [0, 0.1) is 23.7 Å². The number of rotatable bonds is 10. The van der Waals surface area contributed by atoms with Gasteiger partial charge >= 0.3 is 6.09 Å². The molecule has 0 aliphatic carbocycles. The molecule has 4 heterocycles. The molecule has 0 radical (unpaired) electrons. The van der Waals surface area contributed by atoms with Crippen LogP contribution >= 0.6 is 0 Å². The molecule has 1 spiro atoms. The van der Waals surface area contributed by atoms with E-state index in [-0.39, 0.29) is 48.3 Å². The highest BCUT2D eigenvalue weighted by Gasteiger charge is 2.54. The monoisotopic (exact) mass is 620 g/mol. The number of carbonyl (C=O) groups is 3. The van der Waals surface area contributed by atoms with Crippen molar-refractivity contribution in [3.05, 3.63) is 53.9 Å². The number of nitrogens with zero attached hydrogens (tertiary/aromatic N) is 4. The largest absolute Gasteiger partial charge is 0.445 e. The summed E-state index contributed by atoms with van der Waals surface area (Å²) in [5, 5.41) is 10.5. The van der Waals surface area contributed by atoms with Gasteiger partial charge in [-0.2, -0.15) is 5.10 Å². The molecular weight excluding hydrogens is 568 g/mol. The molecule has 1 aromatic heterocycles. The first-order valence-corrected chi connectivity index (χ1v) is 17.0. The summed E-state index contributed by atoms with van der Waals surface area (Å²) in [6, 6.07) is 9.40. The Balaban J connectivity index is 1.30. The molecule has 3 fully saturated rings. The molecule has 2 aromatic rings. The second-order valence-corrected chi connectivity index (χ2v) is 14.0. The Morgan fingerprint density at radius 2 is 1.78 bits per heavy atom. The first kappa shape index (κ1) is 33.0. The van der Waals surface area contributed by atoms with Crippen molar-refractivity contribution in [1.82, 2.24) is 30.2 Å². The quantitative estimate of drug-likeness (QED) is 0.387. The van der Waals surface area contributed by atoms with E-state index in [0.29, 0.717) is 57.9 Å². The Kier molecular flexibility index (Phi) is 10.5. The number of ether oxygens (including phenoxy) is 1. The van der Waals surface area contributed by atoms with Crippen molar-refractivity contribution in [2.24, 2.45) is 23.7 Å². The minimum atomic E-state index is -0.805. The lowest BCUT2D eigenvalue weighted by Gasteiger charge is -2.54. The SMILES string of the molecule is CCCCN1C(=O)[C@H](CC(C)C)NC(=O)C12CCN(C(c1cn[nH]c1)C1C(C)CN(C(=O)OCc3ccccc3)CC1C)CC2. The van der Waals surface area contributed by atoms with Gasteiger partial charge in [0.2, 0.25) is 11.8 Å². The fourth-order valence-electron chi connectivity index (χ4n) is 8.07. The van der Waals surface area contributed by atoms with Crippen LogP contribution in [-0.2, 0) is 20.9 Å². The van der Waals surface area contributed by atoms with E-state index in [4.69, 9.17) is 4.74 Å². The highest BCUT2D eigenvalue weighted by molar-refractivity contribution is 6.00. The first-order chi connectivity index (χ1) is 21.6. The molecular formula is C35H52N6O4. The average molecular weight is 621 g/mol. The summed E-state index contributed by atoms with van der Waals surface area (Å²) in [6.07, 6.45) is 7.34. The van der Waals surface area contributed by atoms with E-state index in [1.165, 1.54) is 0 Å². The number of amides is 3. The minimum absolute atomic E-state index is 0.00687. The number of aromatic amines is 1. The number of aromatic nitrogens is 2. The number of piperidine rings is 2. The Labute approximate surface area is 268 Å². The van der Waals surface area contributed by atoms with Crippen LogP contribution in [-0.4, -0.2) is 87.1 Å². The molecule has 5 rings (SSSR count). The number of hydrogen-bond acceptors (Lipinski definition) is 6.